The van der Waals surface area contributed by atoms with Crippen LogP contribution in [-0.2, 0) is 13.0 Å². The number of imidazole rings is 1. The molecule has 3 rings (SSSR count). The second-order valence-electron chi connectivity index (χ2n) is 4.70. The van der Waals surface area contributed by atoms with Crippen LogP contribution < -0.4 is 0 Å². The van der Waals surface area contributed by atoms with Crippen molar-refractivity contribution in [3.05, 3.63) is 53.3 Å². The quantitative estimate of drug-likeness (QED) is 0.737. The molecule has 0 atom stereocenters. The molecule has 0 aliphatic heterocycles. The van der Waals surface area contributed by atoms with Crippen LogP contribution in [0.5, 0.6) is 0 Å². The zero-order valence-electron chi connectivity index (χ0n) is 11.3. The minimum absolute atomic E-state index is 0.446. The van der Waals surface area contributed by atoms with E-state index in [1.807, 2.05) is 36.7 Å². The third-order valence-electron chi connectivity index (χ3n) is 3.31. The van der Waals surface area contributed by atoms with Crippen LogP contribution in [0.4, 0.5) is 0 Å². The molecule has 0 fully saturated rings. The van der Waals surface area contributed by atoms with Crippen molar-refractivity contribution in [2.24, 2.45) is 0 Å². The Kier molecular flexibility index (Phi) is 3.65. The van der Waals surface area contributed by atoms with Crippen LogP contribution in [0.15, 0.2) is 36.7 Å². The molecule has 5 heteroatoms. The van der Waals surface area contributed by atoms with Gasteiger partial charge in [0.25, 0.3) is 0 Å². The van der Waals surface area contributed by atoms with Gasteiger partial charge in [0, 0.05) is 29.7 Å². The van der Waals surface area contributed by atoms with Gasteiger partial charge in [-0.3, -0.25) is 0 Å². The Hall–Kier alpha value is -1.94. The summed E-state index contributed by atoms with van der Waals surface area (Å²) in [5.41, 5.74) is 0.911. The van der Waals surface area contributed by atoms with Crippen LogP contribution in [-0.4, -0.2) is 19.7 Å². The van der Waals surface area contributed by atoms with E-state index in [1.165, 1.54) is 0 Å². The number of hydrogen-bond acceptors (Lipinski definition) is 3. The Morgan fingerprint density at radius 2 is 1.95 bits per heavy atom. The first-order valence-corrected chi connectivity index (χ1v) is 7.07. The van der Waals surface area contributed by atoms with Gasteiger partial charge in [0.2, 0.25) is 0 Å². The number of benzene rings is 1. The first-order valence-electron chi connectivity index (χ1n) is 6.69. The van der Waals surface area contributed by atoms with E-state index in [1.54, 1.807) is 0 Å². The molecule has 0 unspecified atom stereocenters. The SMILES string of the molecule is CCCn1ccnc1Cc1nnc(Cl)c2ccccc12. The van der Waals surface area contributed by atoms with Gasteiger partial charge in [-0.1, -0.05) is 42.8 Å². The normalized spacial score (nSPS) is 11.1. The average molecular weight is 287 g/mol. The highest BCUT2D eigenvalue weighted by Gasteiger charge is 2.11. The van der Waals surface area contributed by atoms with Crippen molar-refractivity contribution < 1.29 is 0 Å². The van der Waals surface area contributed by atoms with Gasteiger partial charge in [0.1, 0.15) is 5.82 Å². The summed E-state index contributed by atoms with van der Waals surface area (Å²) < 4.78 is 2.16. The summed E-state index contributed by atoms with van der Waals surface area (Å²) in [5, 5.41) is 10.7. The lowest BCUT2D eigenvalue weighted by atomic mass is 10.1. The molecule has 0 aliphatic carbocycles. The molecule has 0 spiro atoms. The molecular weight excluding hydrogens is 272 g/mol. The third kappa shape index (κ3) is 2.39. The number of fused-ring (bicyclic) bond motifs is 1. The monoisotopic (exact) mass is 286 g/mol. The van der Waals surface area contributed by atoms with E-state index < -0.39 is 0 Å². The summed E-state index contributed by atoms with van der Waals surface area (Å²) >= 11 is 6.10. The topological polar surface area (TPSA) is 43.6 Å². The van der Waals surface area contributed by atoms with Crippen LogP contribution in [0, 0.1) is 0 Å². The van der Waals surface area contributed by atoms with E-state index in [4.69, 9.17) is 11.6 Å². The number of hydrogen-bond donors (Lipinski definition) is 0. The Balaban J connectivity index is 2.03. The minimum atomic E-state index is 0.446. The van der Waals surface area contributed by atoms with Gasteiger partial charge in [0.05, 0.1) is 12.1 Å². The van der Waals surface area contributed by atoms with Crippen LogP contribution in [0.3, 0.4) is 0 Å². The summed E-state index contributed by atoms with van der Waals surface area (Å²) in [4.78, 5) is 4.42. The fourth-order valence-corrected chi connectivity index (χ4v) is 2.56. The van der Waals surface area contributed by atoms with Crippen molar-refractivity contribution in [2.75, 3.05) is 0 Å². The van der Waals surface area contributed by atoms with E-state index >= 15 is 0 Å². The molecule has 3 aromatic rings. The van der Waals surface area contributed by atoms with E-state index in [0.29, 0.717) is 11.6 Å². The van der Waals surface area contributed by atoms with Crippen LogP contribution in [0.1, 0.15) is 24.9 Å². The number of rotatable bonds is 4. The lowest BCUT2D eigenvalue weighted by Gasteiger charge is -2.08. The molecule has 0 aliphatic rings. The predicted octanol–water partition coefficient (Wildman–Crippen LogP) is 3.48. The molecule has 0 amide bonds. The smallest absolute Gasteiger partial charge is 0.159 e. The van der Waals surface area contributed by atoms with Gasteiger partial charge in [-0.2, -0.15) is 5.10 Å². The van der Waals surface area contributed by atoms with Gasteiger partial charge in [0.15, 0.2) is 5.15 Å². The van der Waals surface area contributed by atoms with Crippen molar-refractivity contribution in [2.45, 2.75) is 26.3 Å². The summed E-state index contributed by atoms with van der Waals surface area (Å²) in [5.74, 6) is 1.01. The van der Waals surface area contributed by atoms with Gasteiger partial charge in [-0.15, -0.1) is 5.10 Å². The molecule has 0 bridgehead atoms. The molecule has 0 saturated carbocycles. The molecule has 20 heavy (non-hydrogen) atoms. The standard InChI is InChI=1S/C15H15ClN4/c1-2-8-20-9-7-17-14(20)10-13-11-5-3-4-6-12(11)15(16)19-18-13/h3-7,9H,2,8,10H2,1H3. The summed E-state index contributed by atoms with van der Waals surface area (Å²) in [7, 11) is 0. The lowest BCUT2D eigenvalue weighted by Crippen LogP contribution is -2.05. The number of halogens is 1. The Bertz CT molecular complexity index is 736. The predicted molar refractivity (Wildman–Crippen MR) is 79.9 cm³/mol. The van der Waals surface area contributed by atoms with Crippen molar-refractivity contribution in [3.63, 3.8) is 0 Å². The molecule has 2 heterocycles. The maximum Gasteiger partial charge on any atom is 0.159 e. The second kappa shape index (κ2) is 5.59. The molecular formula is C15H15ClN4. The zero-order valence-corrected chi connectivity index (χ0v) is 12.0. The molecule has 4 nitrogen and oxygen atoms in total. The number of aromatic nitrogens is 4. The average Bonchev–Trinajstić information content (AvgIpc) is 2.90. The highest BCUT2D eigenvalue weighted by atomic mass is 35.5. The van der Waals surface area contributed by atoms with Crippen LogP contribution in [0.2, 0.25) is 5.15 Å². The molecule has 0 N–H and O–H groups in total. The number of nitrogens with zero attached hydrogens (tertiary/aromatic N) is 4. The summed E-state index contributed by atoms with van der Waals surface area (Å²) in [6.07, 6.45) is 5.58. The van der Waals surface area contributed by atoms with Gasteiger partial charge < -0.3 is 4.57 Å². The first kappa shape index (κ1) is 13.1. The largest absolute Gasteiger partial charge is 0.335 e. The van der Waals surface area contributed by atoms with Crippen molar-refractivity contribution in [3.8, 4) is 0 Å². The van der Waals surface area contributed by atoms with Crippen molar-refractivity contribution >= 4 is 22.4 Å². The summed E-state index contributed by atoms with van der Waals surface area (Å²) in [6.45, 7) is 3.12. The molecule has 0 radical (unpaired) electrons. The molecule has 0 saturated heterocycles. The van der Waals surface area contributed by atoms with E-state index in [-0.39, 0.29) is 0 Å². The Morgan fingerprint density at radius 1 is 1.15 bits per heavy atom. The van der Waals surface area contributed by atoms with Gasteiger partial charge in [-0.05, 0) is 6.42 Å². The summed E-state index contributed by atoms with van der Waals surface area (Å²) in [6, 6.07) is 7.94. The van der Waals surface area contributed by atoms with E-state index in [2.05, 4.69) is 26.7 Å². The lowest BCUT2D eigenvalue weighted by molar-refractivity contribution is 0.644. The Labute approximate surface area is 122 Å². The van der Waals surface area contributed by atoms with Crippen molar-refractivity contribution in [1.82, 2.24) is 19.7 Å². The zero-order chi connectivity index (χ0) is 13.9. The van der Waals surface area contributed by atoms with Gasteiger partial charge in [-0.25, -0.2) is 4.98 Å². The molecule has 2 aromatic heterocycles. The second-order valence-corrected chi connectivity index (χ2v) is 5.05. The van der Waals surface area contributed by atoms with E-state index in [0.717, 1.165) is 35.3 Å². The van der Waals surface area contributed by atoms with Gasteiger partial charge >= 0.3 is 0 Å². The van der Waals surface area contributed by atoms with Crippen LogP contribution >= 0.6 is 11.6 Å². The maximum atomic E-state index is 6.10. The molecule has 102 valence electrons. The fourth-order valence-electron chi connectivity index (χ4n) is 2.36. The van der Waals surface area contributed by atoms with E-state index in [9.17, 15) is 0 Å². The highest BCUT2D eigenvalue weighted by Crippen LogP contribution is 2.23. The first-order chi connectivity index (χ1) is 9.79. The van der Waals surface area contributed by atoms with Crippen LogP contribution in [0.25, 0.3) is 10.8 Å². The molecule has 1 aromatic carbocycles. The van der Waals surface area contributed by atoms with Crippen molar-refractivity contribution in [1.29, 1.82) is 0 Å². The highest BCUT2D eigenvalue weighted by molar-refractivity contribution is 6.34. The fraction of sp³-hybridized carbons (Fsp3) is 0.267. The maximum absolute atomic E-state index is 6.10. The Morgan fingerprint density at radius 3 is 2.75 bits per heavy atom. The third-order valence-corrected chi connectivity index (χ3v) is 3.59. The minimum Gasteiger partial charge on any atom is -0.335 e. The number of aryl methyl sites for hydroxylation is 1.